The average Bonchev–Trinajstić information content (AvgIpc) is 3.10. The molecule has 0 fully saturated rings. The fourth-order valence-corrected chi connectivity index (χ4v) is 2.28. The molecule has 3 rings (SSSR count). The van der Waals surface area contributed by atoms with Crippen molar-refractivity contribution in [2.24, 2.45) is 0 Å². The summed E-state index contributed by atoms with van der Waals surface area (Å²) in [6.45, 7) is -0.0934. The van der Waals surface area contributed by atoms with Gasteiger partial charge in [0, 0.05) is 11.1 Å². The Morgan fingerprint density at radius 2 is 1.76 bits per heavy atom. The Bertz CT molecular complexity index is 874. The third kappa shape index (κ3) is 3.48. The van der Waals surface area contributed by atoms with E-state index in [4.69, 9.17) is 14.4 Å². The van der Waals surface area contributed by atoms with Crippen molar-refractivity contribution in [2.75, 3.05) is 7.11 Å². The summed E-state index contributed by atoms with van der Waals surface area (Å²) in [6, 6.07) is 10.3. The third-order valence-electron chi connectivity index (χ3n) is 3.57. The van der Waals surface area contributed by atoms with Crippen LogP contribution in [-0.2, 0) is 12.8 Å². The summed E-state index contributed by atoms with van der Waals surface area (Å²) in [5.74, 6) is -0.0752. The minimum atomic E-state index is -4.57. The molecule has 0 aliphatic heterocycles. The molecule has 0 spiro atoms. The van der Waals surface area contributed by atoms with Gasteiger partial charge in [-0.1, -0.05) is 29.4 Å². The number of nitrogens with zero attached hydrogens (tertiary/aromatic N) is 2. The van der Waals surface area contributed by atoms with E-state index in [2.05, 4.69) is 10.1 Å². The number of alkyl halides is 3. The molecule has 0 bridgehead atoms. The first kappa shape index (κ1) is 17.0. The van der Waals surface area contributed by atoms with Gasteiger partial charge in [-0.15, -0.1) is 0 Å². The Kier molecular flexibility index (Phi) is 4.45. The number of hydrogen-bond acceptors (Lipinski definition) is 5. The first-order valence-electron chi connectivity index (χ1n) is 7.22. The molecule has 1 N–H and O–H groups in total. The van der Waals surface area contributed by atoms with Crippen LogP contribution in [0.25, 0.3) is 22.8 Å². The number of aromatic nitrogens is 2. The van der Waals surface area contributed by atoms with Crippen LogP contribution in [0.1, 0.15) is 11.1 Å². The smallest absolute Gasteiger partial charge is 0.419 e. The summed E-state index contributed by atoms with van der Waals surface area (Å²) in [6.07, 6.45) is -4.57. The second kappa shape index (κ2) is 6.56. The maximum Gasteiger partial charge on any atom is 0.419 e. The largest absolute Gasteiger partial charge is 0.496 e. The van der Waals surface area contributed by atoms with Gasteiger partial charge in [0.15, 0.2) is 0 Å². The summed E-state index contributed by atoms with van der Waals surface area (Å²) in [4.78, 5) is 4.14. The highest BCUT2D eigenvalue weighted by Crippen LogP contribution is 2.38. The lowest BCUT2D eigenvalue weighted by atomic mass is 10.1. The molecule has 1 aromatic heterocycles. The summed E-state index contributed by atoms with van der Waals surface area (Å²) < 4.78 is 49.2. The molecule has 3 aromatic rings. The standard InChI is InChI=1S/C17H13F3N2O3/c1-24-14-7-6-12(8-13(14)17(18,19)20)16-21-15(22-25-16)11-4-2-10(9-23)3-5-11/h2-8,23H,9H2,1H3. The van der Waals surface area contributed by atoms with Crippen LogP contribution in [0.5, 0.6) is 5.75 Å². The summed E-state index contributed by atoms with van der Waals surface area (Å²) >= 11 is 0. The van der Waals surface area contributed by atoms with Crippen LogP contribution in [0.15, 0.2) is 47.0 Å². The highest BCUT2D eigenvalue weighted by Gasteiger charge is 2.35. The number of halogens is 3. The zero-order chi connectivity index (χ0) is 18.0. The van der Waals surface area contributed by atoms with Crippen molar-refractivity contribution in [1.82, 2.24) is 10.1 Å². The van der Waals surface area contributed by atoms with Gasteiger partial charge in [-0.3, -0.25) is 0 Å². The maximum atomic E-state index is 13.1. The molecule has 0 aliphatic carbocycles. The van der Waals surface area contributed by atoms with Crippen LogP contribution in [0, 0.1) is 0 Å². The molecule has 25 heavy (non-hydrogen) atoms. The van der Waals surface area contributed by atoms with Gasteiger partial charge in [-0.25, -0.2) is 0 Å². The van der Waals surface area contributed by atoms with Crippen molar-refractivity contribution in [1.29, 1.82) is 0 Å². The number of hydrogen-bond donors (Lipinski definition) is 1. The summed E-state index contributed by atoms with van der Waals surface area (Å²) in [5.41, 5.74) is 0.563. The van der Waals surface area contributed by atoms with Crippen LogP contribution < -0.4 is 4.74 Å². The van der Waals surface area contributed by atoms with E-state index >= 15 is 0 Å². The Hall–Kier alpha value is -2.87. The van der Waals surface area contributed by atoms with Crippen molar-refractivity contribution in [3.05, 3.63) is 53.6 Å². The topological polar surface area (TPSA) is 68.4 Å². The first-order chi connectivity index (χ1) is 11.9. The minimum Gasteiger partial charge on any atom is -0.496 e. The molecule has 0 unspecified atom stereocenters. The Morgan fingerprint density at radius 1 is 1.08 bits per heavy atom. The number of ether oxygens (including phenoxy) is 1. The third-order valence-corrected chi connectivity index (χ3v) is 3.57. The van der Waals surface area contributed by atoms with Crippen molar-refractivity contribution in [3.63, 3.8) is 0 Å². The molecular weight excluding hydrogens is 337 g/mol. The Balaban J connectivity index is 1.96. The number of aliphatic hydroxyl groups is 1. The molecule has 0 aliphatic rings. The second-order valence-corrected chi connectivity index (χ2v) is 5.19. The molecular formula is C17H13F3N2O3. The van der Waals surface area contributed by atoms with Crippen LogP contribution in [0.2, 0.25) is 0 Å². The van der Waals surface area contributed by atoms with E-state index in [9.17, 15) is 13.2 Å². The number of methoxy groups -OCH3 is 1. The van der Waals surface area contributed by atoms with E-state index < -0.39 is 11.7 Å². The fourth-order valence-electron chi connectivity index (χ4n) is 2.28. The van der Waals surface area contributed by atoms with E-state index in [1.165, 1.54) is 19.2 Å². The van der Waals surface area contributed by atoms with Crippen molar-refractivity contribution < 1.29 is 27.5 Å². The molecule has 130 valence electrons. The van der Waals surface area contributed by atoms with E-state index in [0.29, 0.717) is 5.56 Å². The van der Waals surface area contributed by atoms with Gasteiger partial charge in [0.2, 0.25) is 5.82 Å². The monoisotopic (exact) mass is 350 g/mol. The summed E-state index contributed by atoms with van der Waals surface area (Å²) in [5, 5.41) is 12.8. The van der Waals surface area contributed by atoms with Crippen LogP contribution in [-0.4, -0.2) is 22.4 Å². The minimum absolute atomic E-state index is 0.0330. The fraction of sp³-hybridized carbons (Fsp3) is 0.176. The van der Waals surface area contributed by atoms with E-state index in [1.54, 1.807) is 24.3 Å². The van der Waals surface area contributed by atoms with Gasteiger partial charge in [-0.05, 0) is 23.8 Å². The van der Waals surface area contributed by atoms with E-state index in [1.807, 2.05) is 0 Å². The molecule has 1 heterocycles. The quantitative estimate of drug-likeness (QED) is 0.772. The molecule has 0 radical (unpaired) electrons. The lowest BCUT2D eigenvalue weighted by molar-refractivity contribution is -0.138. The maximum absolute atomic E-state index is 13.1. The number of rotatable bonds is 4. The van der Waals surface area contributed by atoms with Crippen LogP contribution >= 0.6 is 0 Å². The van der Waals surface area contributed by atoms with Gasteiger partial charge < -0.3 is 14.4 Å². The molecule has 0 saturated heterocycles. The van der Waals surface area contributed by atoms with Crippen molar-refractivity contribution in [2.45, 2.75) is 12.8 Å². The van der Waals surface area contributed by atoms with Gasteiger partial charge in [0.1, 0.15) is 5.75 Å². The van der Waals surface area contributed by atoms with E-state index in [-0.39, 0.29) is 29.6 Å². The Labute approximate surface area is 140 Å². The van der Waals surface area contributed by atoms with Gasteiger partial charge in [0.25, 0.3) is 5.89 Å². The van der Waals surface area contributed by atoms with E-state index in [0.717, 1.165) is 11.6 Å². The zero-order valence-electron chi connectivity index (χ0n) is 13.0. The predicted molar refractivity (Wildman–Crippen MR) is 82.6 cm³/mol. The Morgan fingerprint density at radius 3 is 2.36 bits per heavy atom. The lowest BCUT2D eigenvalue weighted by Gasteiger charge is -2.12. The highest BCUT2D eigenvalue weighted by molar-refractivity contribution is 5.62. The molecule has 5 nitrogen and oxygen atoms in total. The SMILES string of the molecule is COc1ccc(-c2nc(-c3ccc(CO)cc3)no2)cc1C(F)(F)F. The first-order valence-corrected chi connectivity index (χ1v) is 7.22. The van der Waals surface area contributed by atoms with Crippen LogP contribution in [0.3, 0.4) is 0 Å². The number of aliphatic hydroxyl groups excluding tert-OH is 1. The van der Waals surface area contributed by atoms with Crippen molar-refractivity contribution >= 4 is 0 Å². The predicted octanol–water partition coefficient (Wildman–Crippen LogP) is 3.92. The molecule has 0 amide bonds. The van der Waals surface area contributed by atoms with Crippen molar-refractivity contribution in [3.8, 4) is 28.6 Å². The highest BCUT2D eigenvalue weighted by atomic mass is 19.4. The normalized spacial score (nSPS) is 11.6. The second-order valence-electron chi connectivity index (χ2n) is 5.19. The molecule has 0 atom stereocenters. The lowest BCUT2D eigenvalue weighted by Crippen LogP contribution is -2.07. The summed E-state index contributed by atoms with van der Waals surface area (Å²) in [7, 11) is 1.17. The molecule has 2 aromatic carbocycles. The molecule has 0 saturated carbocycles. The zero-order valence-corrected chi connectivity index (χ0v) is 13.0. The number of benzene rings is 2. The van der Waals surface area contributed by atoms with Gasteiger partial charge in [0.05, 0.1) is 19.3 Å². The van der Waals surface area contributed by atoms with Crippen LogP contribution in [0.4, 0.5) is 13.2 Å². The van der Waals surface area contributed by atoms with Gasteiger partial charge in [-0.2, -0.15) is 18.2 Å². The average molecular weight is 350 g/mol. The molecule has 8 heteroatoms. The van der Waals surface area contributed by atoms with Gasteiger partial charge >= 0.3 is 6.18 Å².